The smallest absolute Gasteiger partial charge is 0.254 e. The van der Waals surface area contributed by atoms with Crippen molar-refractivity contribution in [3.8, 4) is 0 Å². The maximum absolute atomic E-state index is 4.35. The average Bonchev–Trinajstić information content (AvgIpc) is 2.90. The van der Waals surface area contributed by atoms with Crippen LogP contribution in [0.1, 0.15) is 13.8 Å². The van der Waals surface area contributed by atoms with E-state index in [4.69, 9.17) is 0 Å². The van der Waals surface area contributed by atoms with E-state index in [0.717, 1.165) is 30.4 Å². The second-order valence-electron chi connectivity index (χ2n) is 7.18. The van der Waals surface area contributed by atoms with E-state index in [1.807, 2.05) is 12.1 Å². The van der Waals surface area contributed by atoms with Crippen LogP contribution >= 0.6 is 16.4 Å². The maximum Gasteiger partial charge on any atom is 1.00 e. The topological polar surface area (TPSA) is 25.8 Å². The molecule has 0 radical (unpaired) electrons. The number of benzene rings is 3. The molecule has 0 fully saturated rings. The second kappa shape index (κ2) is 15.8. The Morgan fingerprint density at radius 3 is 1.38 bits per heavy atom. The molecule has 2 nitrogen and oxygen atoms in total. The van der Waals surface area contributed by atoms with Crippen molar-refractivity contribution in [2.24, 2.45) is 0 Å². The minimum absolute atomic E-state index is 0. The third kappa shape index (κ3) is 8.30. The van der Waals surface area contributed by atoms with Gasteiger partial charge in [-0.1, -0.05) is 60.7 Å². The van der Waals surface area contributed by atoms with Gasteiger partial charge in [-0.2, -0.15) is 0 Å². The molecule has 0 aliphatic rings. The van der Waals surface area contributed by atoms with Crippen molar-refractivity contribution in [2.45, 2.75) is 13.8 Å². The molecule has 0 bridgehead atoms. The standard InChI is InChI=1S/C12H14BP.C12H8N2.C4H11P.Cu/c13-14(11-7-3-1-4-8-11)12-9-5-2-6-10-12;1-3-9-5-6-10-4-2-8-14-12(10)11(9)13-7-1;1-3-5-4-2;/h1-10,14H,13H3;1-8H;5H,3-4H2,1-2H3;/q;;;+1/p+1. The third-order valence-electron chi connectivity index (χ3n) is 4.76. The van der Waals surface area contributed by atoms with Crippen LogP contribution in [0.3, 0.4) is 0 Å². The predicted octanol–water partition coefficient (Wildman–Crippen LogP) is 5.35. The van der Waals surface area contributed by atoms with Gasteiger partial charge in [0, 0.05) is 23.2 Å². The van der Waals surface area contributed by atoms with Gasteiger partial charge < -0.3 is 0 Å². The van der Waals surface area contributed by atoms with Gasteiger partial charge in [-0.25, -0.2) is 0 Å². The van der Waals surface area contributed by atoms with Crippen LogP contribution in [0.15, 0.2) is 109 Å². The molecule has 0 spiro atoms. The summed E-state index contributed by atoms with van der Waals surface area (Å²) in [6.45, 7) is 4.50. The zero-order valence-electron chi connectivity index (χ0n) is 19.1. The van der Waals surface area contributed by atoms with Crippen molar-refractivity contribution in [3.05, 3.63) is 109 Å². The number of aromatic nitrogens is 2. The summed E-state index contributed by atoms with van der Waals surface area (Å²) in [5, 5.41) is 5.45. The van der Waals surface area contributed by atoms with Gasteiger partial charge in [0.1, 0.15) is 7.57 Å². The second-order valence-corrected chi connectivity index (χ2v) is 10.8. The van der Waals surface area contributed by atoms with Crippen LogP contribution in [0.25, 0.3) is 21.8 Å². The third-order valence-corrected chi connectivity index (χ3v) is 7.16. The quantitative estimate of drug-likeness (QED) is 0.176. The SMILES string of the molecule is CC[PH2+]CC.[BH3-][PH+](c1ccccc1)c1ccccc1.[Cu+].c1cnc2c(c1)ccc1cccnc12. The first-order valence-electron chi connectivity index (χ1n) is 11.1. The van der Waals surface area contributed by atoms with Crippen LogP contribution in [-0.4, -0.2) is 29.9 Å². The van der Waals surface area contributed by atoms with Gasteiger partial charge in [0.2, 0.25) is 0 Å². The van der Waals surface area contributed by atoms with Crippen LogP contribution in [0.2, 0.25) is 0 Å². The summed E-state index contributed by atoms with van der Waals surface area (Å²) in [4.78, 5) is 8.69. The molecule has 0 atom stereocenters. The van der Waals surface area contributed by atoms with Gasteiger partial charge in [0.25, 0.3) is 0 Å². The first kappa shape index (κ1) is 28.2. The molecule has 0 aliphatic heterocycles. The summed E-state index contributed by atoms with van der Waals surface area (Å²) in [6, 6.07) is 34.1. The molecule has 6 heteroatoms. The number of rotatable bonds is 4. The molecule has 0 amide bonds. The Balaban J connectivity index is 0.000000197. The van der Waals surface area contributed by atoms with Crippen molar-refractivity contribution >= 4 is 56.4 Å². The fraction of sp³-hybridized carbons (Fsp3) is 0.143. The van der Waals surface area contributed by atoms with E-state index in [1.165, 1.54) is 12.3 Å². The average molecular weight is 535 g/mol. The van der Waals surface area contributed by atoms with Crippen molar-refractivity contribution < 1.29 is 17.1 Å². The van der Waals surface area contributed by atoms with E-state index in [0.29, 0.717) is 7.57 Å². The Kier molecular flexibility index (Phi) is 13.1. The molecule has 0 unspecified atom stereocenters. The molecular formula is C28H34BCuN2P2+2. The van der Waals surface area contributed by atoms with Gasteiger partial charge >= 0.3 is 17.1 Å². The van der Waals surface area contributed by atoms with Crippen molar-refractivity contribution in [2.75, 3.05) is 12.3 Å². The molecule has 5 aromatic rings. The van der Waals surface area contributed by atoms with Crippen molar-refractivity contribution in [1.82, 2.24) is 9.97 Å². The summed E-state index contributed by atoms with van der Waals surface area (Å²) >= 11 is 0. The number of hydrogen-bond donors (Lipinski definition) is 0. The first-order valence-corrected chi connectivity index (χ1v) is 13.7. The first-order chi connectivity index (χ1) is 16.2. The van der Waals surface area contributed by atoms with Crippen LogP contribution in [0.4, 0.5) is 0 Å². The van der Waals surface area contributed by atoms with E-state index in [2.05, 4.69) is 109 Å². The summed E-state index contributed by atoms with van der Waals surface area (Å²) in [5.74, 6) is 0. The predicted molar refractivity (Wildman–Crippen MR) is 158 cm³/mol. The van der Waals surface area contributed by atoms with Crippen LogP contribution in [0.5, 0.6) is 0 Å². The molecule has 0 saturated heterocycles. The van der Waals surface area contributed by atoms with Crippen LogP contribution in [-0.2, 0) is 17.1 Å². The molecule has 0 saturated carbocycles. The van der Waals surface area contributed by atoms with Crippen molar-refractivity contribution in [1.29, 1.82) is 0 Å². The number of hydrogen-bond acceptors (Lipinski definition) is 2. The van der Waals surface area contributed by atoms with Gasteiger partial charge in [0.15, 0.2) is 0 Å². The largest absolute Gasteiger partial charge is 1.00 e. The van der Waals surface area contributed by atoms with Gasteiger partial charge in [-0.05, 0) is 58.8 Å². The van der Waals surface area contributed by atoms with E-state index in [-0.39, 0.29) is 24.9 Å². The van der Waals surface area contributed by atoms with Crippen LogP contribution < -0.4 is 10.6 Å². The molecule has 178 valence electrons. The monoisotopic (exact) mass is 534 g/mol. The summed E-state index contributed by atoms with van der Waals surface area (Å²) in [7, 11) is 0.925. The van der Waals surface area contributed by atoms with E-state index < -0.39 is 0 Å². The van der Waals surface area contributed by atoms with E-state index >= 15 is 0 Å². The summed E-state index contributed by atoms with van der Waals surface area (Å²) in [5.41, 5.74) is 1.95. The Bertz CT molecular complexity index is 1140. The maximum atomic E-state index is 4.35. The molecule has 5 rings (SSSR count). The Labute approximate surface area is 218 Å². The van der Waals surface area contributed by atoms with Gasteiger partial charge in [-0.15, -0.1) is 7.80 Å². The molecule has 34 heavy (non-hydrogen) atoms. The number of fused-ring (bicyclic) bond motifs is 3. The van der Waals surface area contributed by atoms with Gasteiger partial charge in [-0.3, -0.25) is 9.97 Å². The normalized spacial score (nSPS) is 10.0. The van der Waals surface area contributed by atoms with E-state index in [9.17, 15) is 0 Å². The van der Waals surface area contributed by atoms with Gasteiger partial charge in [0.05, 0.1) is 34.0 Å². The Morgan fingerprint density at radius 2 is 1.03 bits per heavy atom. The molecule has 0 aliphatic carbocycles. The Hall–Kier alpha value is -2.08. The van der Waals surface area contributed by atoms with E-state index in [1.54, 1.807) is 23.0 Å². The molecule has 3 aromatic carbocycles. The number of nitrogens with zero attached hydrogens (tertiary/aromatic N) is 2. The van der Waals surface area contributed by atoms with Crippen molar-refractivity contribution in [3.63, 3.8) is 0 Å². The molecular weight excluding hydrogens is 501 g/mol. The molecule has 0 N–H and O–H groups in total. The zero-order valence-corrected chi connectivity index (χ0v) is 22.2. The van der Waals surface area contributed by atoms with Crippen LogP contribution in [0, 0.1) is 0 Å². The zero-order chi connectivity index (χ0) is 23.3. The number of pyridine rings is 2. The minimum atomic E-state index is -0.295. The fourth-order valence-electron chi connectivity index (χ4n) is 3.18. The summed E-state index contributed by atoms with van der Waals surface area (Å²) in [6.07, 6.45) is 6.46. The molecule has 2 heterocycles. The Morgan fingerprint density at radius 1 is 0.618 bits per heavy atom. The molecule has 2 aromatic heterocycles. The fourth-order valence-corrected chi connectivity index (χ4v) is 4.81. The minimum Gasteiger partial charge on any atom is -0.254 e. The summed E-state index contributed by atoms with van der Waals surface area (Å²) < 4.78 is 0.